The summed E-state index contributed by atoms with van der Waals surface area (Å²) in [5.41, 5.74) is 2.43. The summed E-state index contributed by atoms with van der Waals surface area (Å²) in [6.45, 7) is 0. The summed E-state index contributed by atoms with van der Waals surface area (Å²) < 4.78 is 11.1. The van der Waals surface area contributed by atoms with Crippen LogP contribution in [0, 0.1) is 5.92 Å². The van der Waals surface area contributed by atoms with Crippen molar-refractivity contribution in [3.8, 4) is 0 Å². The van der Waals surface area contributed by atoms with Crippen molar-refractivity contribution >= 4 is 17.6 Å². The monoisotopic (exact) mass is 347 g/mol. The third-order valence-electron chi connectivity index (χ3n) is 5.46. The van der Waals surface area contributed by atoms with Crippen molar-refractivity contribution < 1.29 is 9.47 Å². The first kappa shape index (κ1) is 16.2. The van der Waals surface area contributed by atoms with E-state index in [1.165, 1.54) is 22.7 Å². The molecule has 0 aromatic carbocycles. The second kappa shape index (κ2) is 6.94. The quantitative estimate of drug-likeness (QED) is 0.851. The molecule has 1 saturated carbocycles. The Bertz CT molecular complexity index is 654. The number of methoxy groups -OCH3 is 2. The van der Waals surface area contributed by atoms with E-state index in [1.807, 2.05) is 18.9 Å². The highest BCUT2D eigenvalue weighted by Crippen LogP contribution is 2.43. The number of nitrogens with zero attached hydrogens (tertiary/aromatic N) is 1. The second-order valence-electron chi connectivity index (χ2n) is 6.86. The van der Waals surface area contributed by atoms with Crippen LogP contribution in [0.25, 0.3) is 0 Å². The number of allylic oxidation sites excluding steroid dienone is 3. The number of hydrogen-bond donors (Lipinski definition) is 2. The van der Waals surface area contributed by atoms with E-state index in [0.29, 0.717) is 24.0 Å². The van der Waals surface area contributed by atoms with Crippen LogP contribution in [0.1, 0.15) is 37.3 Å². The first-order chi connectivity index (χ1) is 11.8. The van der Waals surface area contributed by atoms with E-state index >= 15 is 0 Å². The fourth-order valence-electron chi connectivity index (χ4n) is 4.01. The van der Waals surface area contributed by atoms with Crippen LogP contribution < -0.4 is 5.32 Å². The van der Waals surface area contributed by atoms with Gasteiger partial charge in [0.15, 0.2) is 5.82 Å². The number of hydrogen-bond acceptors (Lipinski definition) is 5. The second-order valence-corrected chi connectivity index (χ2v) is 7.95. The predicted octanol–water partition coefficient (Wildman–Crippen LogP) is 3.65. The lowest BCUT2D eigenvalue weighted by Crippen LogP contribution is -2.23. The molecule has 1 saturated heterocycles. The van der Waals surface area contributed by atoms with Gasteiger partial charge in [0.1, 0.15) is 0 Å². The van der Waals surface area contributed by atoms with Crippen LogP contribution in [0.15, 0.2) is 28.8 Å². The molecule has 0 radical (unpaired) electrons. The van der Waals surface area contributed by atoms with E-state index in [-0.39, 0.29) is 0 Å². The maximum atomic E-state index is 5.62. The Morgan fingerprint density at radius 1 is 1.25 bits per heavy atom. The number of H-pyrrole nitrogens is 1. The van der Waals surface area contributed by atoms with E-state index in [0.717, 1.165) is 30.8 Å². The Hall–Kier alpha value is -1.24. The van der Waals surface area contributed by atoms with Crippen LogP contribution >= 0.6 is 11.8 Å². The Morgan fingerprint density at radius 2 is 2.17 bits per heavy atom. The van der Waals surface area contributed by atoms with Gasteiger partial charge in [-0.2, -0.15) is 5.10 Å². The number of fused-ring (bicyclic) bond motifs is 1. The van der Waals surface area contributed by atoms with Gasteiger partial charge in [0, 0.05) is 49.3 Å². The lowest BCUT2D eigenvalue weighted by molar-refractivity contribution is 0.0909. The van der Waals surface area contributed by atoms with E-state index < -0.39 is 0 Å². The number of nitrogens with one attached hydrogen (secondary N) is 2. The molecule has 1 aromatic rings. The van der Waals surface area contributed by atoms with Crippen molar-refractivity contribution in [3.63, 3.8) is 0 Å². The van der Waals surface area contributed by atoms with Crippen molar-refractivity contribution in [1.82, 2.24) is 10.2 Å². The van der Waals surface area contributed by atoms with Gasteiger partial charge in [-0.15, -0.1) is 11.8 Å². The van der Waals surface area contributed by atoms with Crippen molar-refractivity contribution in [3.05, 3.63) is 34.5 Å². The molecule has 2 aliphatic carbocycles. The molecule has 2 fully saturated rings. The van der Waals surface area contributed by atoms with Crippen molar-refractivity contribution in [1.29, 1.82) is 0 Å². The van der Waals surface area contributed by atoms with Gasteiger partial charge in [0.25, 0.3) is 0 Å². The van der Waals surface area contributed by atoms with Crippen LogP contribution in [0.4, 0.5) is 5.82 Å². The summed E-state index contributed by atoms with van der Waals surface area (Å²) in [5.74, 6) is 2.99. The molecule has 2 heterocycles. The summed E-state index contributed by atoms with van der Waals surface area (Å²) in [7, 11) is 3.62. The van der Waals surface area contributed by atoms with Gasteiger partial charge in [-0.25, -0.2) is 0 Å². The summed E-state index contributed by atoms with van der Waals surface area (Å²) in [5, 5.41) is 11.1. The smallest absolute Gasteiger partial charge is 0.152 e. The van der Waals surface area contributed by atoms with Gasteiger partial charge in [-0.05, 0) is 36.7 Å². The number of rotatable bonds is 5. The van der Waals surface area contributed by atoms with Crippen LogP contribution in [0.2, 0.25) is 0 Å². The molecule has 4 rings (SSSR count). The molecule has 5 nitrogen and oxygen atoms in total. The van der Waals surface area contributed by atoms with Crippen molar-refractivity contribution in [2.45, 2.75) is 43.8 Å². The Kier molecular flexibility index (Phi) is 4.70. The average molecular weight is 347 g/mol. The molecule has 0 amide bonds. The Balaban J connectivity index is 1.40. The normalized spacial score (nSPS) is 32.4. The molecule has 6 heteroatoms. The summed E-state index contributed by atoms with van der Waals surface area (Å²) >= 11 is 1.92. The highest BCUT2D eigenvalue weighted by Gasteiger charge is 2.34. The van der Waals surface area contributed by atoms with Crippen LogP contribution in [-0.4, -0.2) is 42.4 Å². The first-order valence-corrected chi connectivity index (χ1v) is 9.67. The molecule has 4 unspecified atom stereocenters. The van der Waals surface area contributed by atoms with Crippen LogP contribution in [-0.2, 0) is 9.47 Å². The molecule has 1 aromatic heterocycles. The lowest BCUT2D eigenvalue weighted by Gasteiger charge is -2.23. The molecule has 0 bridgehead atoms. The summed E-state index contributed by atoms with van der Waals surface area (Å²) in [6.07, 6.45) is 9.52. The van der Waals surface area contributed by atoms with Crippen molar-refractivity contribution in [2.75, 3.05) is 25.3 Å². The number of aromatic amines is 1. The van der Waals surface area contributed by atoms with Gasteiger partial charge in [-0.3, -0.25) is 5.10 Å². The zero-order valence-electron chi connectivity index (χ0n) is 14.2. The number of thioether (sulfide) groups is 1. The zero-order valence-corrected chi connectivity index (χ0v) is 15.1. The van der Waals surface area contributed by atoms with Crippen molar-refractivity contribution in [2.24, 2.45) is 5.92 Å². The molecule has 1 aliphatic heterocycles. The maximum absolute atomic E-state index is 5.62. The minimum absolute atomic E-state index is 0.325. The lowest BCUT2D eigenvalue weighted by atomic mass is 9.93. The fourth-order valence-corrected chi connectivity index (χ4v) is 5.35. The van der Waals surface area contributed by atoms with Gasteiger partial charge in [0.05, 0.1) is 12.2 Å². The highest BCUT2D eigenvalue weighted by molar-refractivity contribution is 8.03. The molecular weight excluding hydrogens is 322 g/mol. The third kappa shape index (κ3) is 3.15. The summed E-state index contributed by atoms with van der Waals surface area (Å²) in [4.78, 5) is 1.45. The third-order valence-corrected chi connectivity index (χ3v) is 6.73. The topological polar surface area (TPSA) is 59.2 Å². The maximum Gasteiger partial charge on any atom is 0.152 e. The summed E-state index contributed by atoms with van der Waals surface area (Å²) in [6, 6.07) is 2.15. The standard InChI is InChI=1S/C18H25N3O2S/c1-22-13-5-3-11(7-13)15-9-18(21-20-15)19-12-4-6-17-14(8-12)16(23-2)10-24-17/h4,6,9,11,13-14,16H,3,5,7-8,10H2,1-2H3,(H2,19,20,21). The van der Waals surface area contributed by atoms with E-state index in [9.17, 15) is 0 Å². The predicted molar refractivity (Wildman–Crippen MR) is 97.1 cm³/mol. The number of aromatic nitrogens is 2. The van der Waals surface area contributed by atoms with E-state index in [1.54, 1.807) is 7.11 Å². The van der Waals surface area contributed by atoms with Gasteiger partial charge < -0.3 is 14.8 Å². The molecule has 3 aliphatic rings. The number of ether oxygens (including phenoxy) is 2. The SMILES string of the molecule is COC1CCC(c2cc(NC3=CC=C4SCC(OC)C4C3)n[nH]2)C1. The molecule has 2 N–H and O–H groups in total. The average Bonchev–Trinajstić information content (AvgIpc) is 3.33. The van der Waals surface area contributed by atoms with Crippen LogP contribution in [0.3, 0.4) is 0 Å². The first-order valence-electron chi connectivity index (χ1n) is 8.68. The zero-order chi connectivity index (χ0) is 16.5. The van der Waals surface area contributed by atoms with Crippen LogP contribution in [0.5, 0.6) is 0 Å². The Morgan fingerprint density at radius 3 is 2.96 bits per heavy atom. The molecule has 24 heavy (non-hydrogen) atoms. The van der Waals surface area contributed by atoms with Gasteiger partial charge >= 0.3 is 0 Å². The fraction of sp³-hybridized carbons (Fsp3) is 0.611. The van der Waals surface area contributed by atoms with E-state index in [4.69, 9.17) is 9.47 Å². The minimum Gasteiger partial charge on any atom is -0.381 e. The highest BCUT2D eigenvalue weighted by atomic mass is 32.2. The minimum atomic E-state index is 0.325. The molecular formula is C18H25N3O2S. The van der Waals surface area contributed by atoms with E-state index in [2.05, 4.69) is 33.7 Å². The molecule has 130 valence electrons. The number of anilines is 1. The molecule has 0 spiro atoms. The van der Waals surface area contributed by atoms with Gasteiger partial charge in [-0.1, -0.05) is 6.08 Å². The largest absolute Gasteiger partial charge is 0.381 e. The van der Waals surface area contributed by atoms with Gasteiger partial charge in [0.2, 0.25) is 0 Å². The Labute approximate surface area is 147 Å². The molecule has 4 atom stereocenters.